The quantitative estimate of drug-likeness (QED) is 0.384. The largest absolute Gasteiger partial charge is 0.342 e. The third-order valence-electron chi connectivity index (χ3n) is 3.85. The van der Waals surface area contributed by atoms with Crippen molar-refractivity contribution in [3.8, 4) is 0 Å². The molecule has 0 fully saturated rings. The molecular formula is C16H12BrFN2O4S. The maximum atomic E-state index is 14.1. The van der Waals surface area contributed by atoms with Crippen molar-refractivity contribution in [2.24, 2.45) is 0 Å². The zero-order valence-corrected chi connectivity index (χ0v) is 15.1. The van der Waals surface area contributed by atoms with E-state index in [4.69, 9.17) is 0 Å². The highest BCUT2D eigenvalue weighted by atomic mass is 79.9. The summed E-state index contributed by atoms with van der Waals surface area (Å²) < 4.78 is 39.1. The molecule has 1 heterocycles. The molecule has 3 rings (SSSR count). The van der Waals surface area contributed by atoms with Gasteiger partial charge >= 0.3 is 5.37 Å². The molecule has 0 aliphatic carbocycles. The fourth-order valence-corrected chi connectivity index (χ4v) is 3.67. The lowest BCUT2D eigenvalue weighted by Crippen LogP contribution is -2.11. The Bertz CT molecular complexity index is 1040. The van der Waals surface area contributed by atoms with Crippen LogP contribution in [0.25, 0.3) is 10.9 Å². The summed E-state index contributed by atoms with van der Waals surface area (Å²) in [5, 5.41) is 9.81. The lowest BCUT2D eigenvalue weighted by Gasteiger charge is -2.07. The van der Waals surface area contributed by atoms with Crippen LogP contribution in [0.1, 0.15) is 16.5 Å². The van der Waals surface area contributed by atoms with Gasteiger partial charge in [-0.1, -0.05) is 40.2 Å². The molecule has 3 aromatic rings. The Labute approximate surface area is 152 Å². The molecule has 1 unspecified atom stereocenters. The van der Waals surface area contributed by atoms with E-state index in [1.54, 1.807) is 41.0 Å². The summed E-state index contributed by atoms with van der Waals surface area (Å²) in [6, 6.07) is 11.4. The summed E-state index contributed by atoms with van der Waals surface area (Å²) in [6.07, 6.45) is 1.41. The third kappa shape index (κ3) is 3.42. The highest BCUT2D eigenvalue weighted by molar-refractivity contribution is 9.10. The zero-order valence-electron chi connectivity index (χ0n) is 12.6. The third-order valence-corrected chi connectivity index (χ3v) is 5.21. The van der Waals surface area contributed by atoms with E-state index >= 15 is 0 Å². The number of fused-ring (bicyclic) bond motifs is 1. The lowest BCUT2D eigenvalue weighted by molar-refractivity contribution is -0.501. The van der Waals surface area contributed by atoms with Crippen molar-refractivity contribution in [3.05, 3.63) is 80.2 Å². The Balaban J connectivity index is 2.15. The molecule has 2 aromatic carbocycles. The maximum absolute atomic E-state index is 14.1. The Morgan fingerprint density at radius 3 is 2.60 bits per heavy atom. The number of hydrogen-bond donors (Lipinski definition) is 1. The number of rotatable bonds is 5. The molecule has 0 amide bonds. The molecule has 0 aliphatic heterocycles. The van der Waals surface area contributed by atoms with Gasteiger partial charge in [0.05, 0.1) is 12.1 Å². The van der Waals surface area contributed by atoms with E-state index in [0.29, 0.717) is 20.9 Å². The van der Waals surface area contributed by atoms with Crippen molar-refractivity contribution in [2.45, 2.75) is 11.9 Å². The van der Waals surface area contributed by atoms with Crippen LogP contribution in [-0.2, 0) is 17.2 Å². The normalized spacial score (nSPS) is 12.6. The molecule has 0 aliphatic rings. The maximum Gasteiger partial charge on any atom is 0.335 e. The minimum atomic E-state index is -3.30. The van der Waals surface area contributed by atoms with E-state index in [1.165, 1.54) is 12.3 Å². The minimum absolute atomic E-state index is 0.0780. The molecule has 1 aromatic heterocycles. The van der Waals surface area contributed by atoms with Gasteiger partial charge in [-0.05, 0) is 18.2 Å². The summed E-state index contributed by atoms with van der Waals surface area (Å²) in [4.78, 5) is 10.4. The molecule has 9 heteroatoms. The minimum Gasteiger partial charge on any atom is -0.342 e. The van der Waals surface area contributed by atoms with Gasteiger partial charge in [-0.2, -0.15) is 0 Å². The average molecular weight is 427 g/mol. The first-order chi connectivity index (χ1) is 11.9. The highest BCUT2D eigenvalue weighted by Crippen LogP contribution is 2.30. The molecule has 0 saturated carbocycles. The molecule has 6 nitrogen and oxygen atoms in total. The Morgan fingerprint density at radius 1 is 1.24 bits per heavy atom. The van der Waals surface area contributed by atoms with Crippen LogP contribution >= 0.6 is 15.9 Å². The van der Waals surface area contributed by atoms with Gasteiger partial charge in [0.25, 0.3) is 0 Å². The second-order valence-corrected chi connectivity index (χ2v) is 7.39. The molecule has 130 valence electrons. The fourth-order valence-electron chi connectivity index (χ4n) is 2.75. The van der Waals surface area contributed by atoms with Gasteiger partial charge < -0.3 is 4.57 Å². The second kappa shape index (κ2) is 6.93. The van der Waals surface area contributed by atoms with Crippen LogP contribution in [0.5, 0.6) is 0 Å². The monoisotopic (exact) mass is 426 g/mol. The molecule has 25 heavy (non-hydrogen) atoms. The summed E-state index contributed by atoms with van der Waals surface area (Å²) >= 11 is 3.19. The number of benzene rings is 2. The van der Waals surface area contributed by atoms with E-state index < -0.39 is 26.8 Å². The first kappa shape index (κ1) is 17.6. The van der Waals surface area contributed by atoms with Gasteiger partial charge in [0, 0.05) is 32.1 Å². The van der Waals surface area contributed by atoms with Crippen LogP contribution in [0.3, 0.4) is 0 Å². The standard InChI is InChI=1S/C16H12BrFN2O4S/c17-11-6-5-10(14(18)7-11)8-19-9-13(16(20(21)22)25(23)24)12-3-1-2-4-15(12)19/h1-7,9,16,25H,8H2. The number of para-hydroxylation sites is 1. The van der Waals surface area contributed by atoms with E-state index in [-0.39, 0.29) is 12.1 Å². The number of thiol groups is 1. The molecule has 0 saturated heterocycles. The number of halogens is 2. The highest BCUT2D eigenvalue weighted by Gasteiger charge is 2.30. The Kier molecular flexibility index (Phi) is 4.87. The van der Waals surface area contributed by atoms with Crippen LogP contribution < -0.4 is 0 Å². The van der Waals surface area contributed by atoms with Crippen molar-refractivity contribution < 1.29 is 17.7 Å². The Hall–Kier alpha value is -2.26. The van der Waals surface area contributed by atoms with Crippen LogP contribution in [0.2, 0.25) is 0 Å². The second-order valence-electron chi connectivity index (χ2n) is 5.41. The van der Waals surface area contributed by atoms with Crippen molar-refractivity contribution >= 4 is 37.5 Å². The van der Waals surface area contributed by atoms with Crippen molar-refractivity contribution in [2.75, 3.05) is 0 Å². The van der Waals surface area contributed by atoms with Gasteiger partial charge in [0.15, 0.2) is 0 Å². The van der Waals surface area contributed by atoms with Gasteiger partial charge in [0.1, 0.15) is 5.82 Å². The predicted molar refractivity (Wildman–Crippen MR) is 95.2 cm³/mol. The van der Waals surface area contributed by atoms with Gasteiger partial charge in [-0.25, -0.2) is 12.8 Å². The number of hydrogen-bond acceptors (Lipinski definition) is 4. The molecule has 0 N–H and O–H groups in total. The summed E-state index contributed by atoms with van der Waals surface area (Å²) in [5.74, 6) is -0.422. The summed E-state index contributed by atoms with van der Waals surface area (Å²) in [7, 11) is -3.30. The molecule has 1 atom stereocenters. The van der Waals surface area contributed by atoms with Crippen LogP contribution in [-0.4, -0.2) is 17.9 Å². The SMILES string of the molecule is O=[N+]([O-])C(c1cn(Cc2ccc(Br)cc2F)c2ccccc12)[SH](=O)=O. The van der Waals surface area contributed by atoms with Crippen molar-refractivity contribution in [1.29, 1.82) is 0 Å². The molecule has 0 radical (unpaired) electrons. The molecule has 0 spiro atoms. The summed E-state index contributed by atoms with van der Waals surface area (Å²) in [5.41, 5.74) is 1.07. The van der Waals surface area contributed by atoms with Gasteiger partial charge in [-0.15, -0.1) is 0 Å². The van der Waals surface area contributed by atoms with Crippen LogP contribution in [0, 0.1) is 15.9 Å². The topological polar surface area (TPSA) is 82.2 Å². The average Bonchev–Trinajstić information content (AvgIpc) is 2.88. The van der Waals surface area contributed by atoms with Crippen LogP contribution in [0.15, 0.2) is 53.1 Å². The van der Waals surface area contributed by atoms with E-state index in [0.717, 1.165) is 0 Å². The van der Waals surface area contributed by atoms with E-state index in [9.17, 15) is 22.9 Å². The Morgan fingerprint density at radius 2 is 1.96 bits per heavy atom. The zero-order chi connectivity index (χ0) is 18.1. The van der Waals surface area contributed by atoms with Gasteiger partial charge in [0.2, 0.25) is 10.7 Å². The first-order valence-electron chi connectivity index (χ1n) is 7.17. The first-order valence-corrected chi connectivity index (χ1v) is 9.21. The smallest absolute Gasteiger partial charge is 0.335 e. The van der Waals surface area contributed by atoms with E-state index in [1.807, 2.05) is 0 Å². The number of aromatic nitrogens is 1. The predicted octanol–water partition coefficient (Wildman–Crippen LogP) is 3.48. The number of nitrogens with zero attached hydrogens (tertiary/aromatic N) is 2. The van der Waals surface area contributed by atoms with Gasteiger partial charge in [-0.3, -0.25) is 10.1 Å². The van der Waals surface area contributed by atoms with Crippen molar-refractivity contribution in [1.82, 2.24) is 4.57 Å². The van der Waals surface area contributed by atoms with Crippen LogP contribution in [0.4, 0.5) is 4.39 Å². The lowest BCUT2D eigenvalue weighted by atomic mass is 10.2. The molecular weight excluding hydrogens is 415 g/mol. The number of nitro groups is 1. The fraction of sp³-hybridized carbons (Fsp3) is 0.125. The van der Waals surface area contributed by atoms with Crippen molar-refractivity contribution in [3.63, 3.8) is 0 Å². The molecule has 0 bridgehead atoms. The summed E-state index contributed by atoms with van der Waals surface area (Å²) in [6.45, 7) is 0.125. The van der Waals surface area contributed by atoms with E-state index in [2.05, 4.69) is 15.9 Å².